The van der Waals surface area contributed by atoms with Crippen molar-refractivity contribution in [1.82, 2.24) is 4.98 Å². The van der Waals surface area contributed by atoms with Gasteiger partial charge in [-0.05, 0) is 29.8 Å². The highest BCUT2D eigenvalue weighted by Gasteiger charge is 2.18. The van der Waals surface area contributed by atoms with Crippen molar-refractivity contribution in [2.24, 2.45) is 0 Å². The summed E-state index contributed by atoms with van der Waals surface area (Å²) in [7, 11) is -3.77. The van der Waals surface area contributed by atoms with Crippen LogP contribution in [0.5, 0.6) is 0 Å². The Hall–Kier alpha value is -1.63. The molecule has 5 nitrogen and oxygen atoms in total. The maximum atomic E-state index is 12.1. The van der Waals surface area contributed by atoms with E-state index in [2.05, 4.69) is 9.71 Å². The van der Waals surface area contributed by atoms with Gasteiger partial charge in [0.2, 0.25) is 0 Å². The van der Waals surface area contributed by atoms with Crippen LogP contribution in [0.25, 0.3) is 0 Å². The maximum absolute atomic E-state index is 12.1. The molecule has 0 amide bonds. The molecule has 0 bridgehead atoms. The largest absolute Gasteiger partial charge is 0.392 e. The average molecular weight is 299 g/mol. The van der Waals surface area contributed by atoms with E-state index in [-0.39, 0.29) is 16.7 Å². The smallest absolute Gasteiger partial charge is 0.264 e. The van der Waals surface area contributed by atoms with Gasteiger partial charge in [-0.2, -0.15) is 0 Å². The molecule has 2 N–H and O–H groups in total. The number of aromatic nitrogens is 1. The van der Waals surface area contributed by atoms with Gasteiger partial charge in [0, 0.05) is 11.9 Å². The molecule has 0 unspecified atom stereocenters. The average Bonchev–Trinajstić information content (AvgIpc) is 2.39. The number of aliphatic hydroxyl groups excluding tert-OH is 1. The molecule has 0 atom stereocenters. The number of pyridine rings is 1. The first kappa shape index (κ1) is 13.8. The number of nitrogens with zero attached hydrogens (tertiary/aromatic N) is 1. The van der Waals surface area contributed by atoms with Crippen molar-refractivity contribution in [3.63, 3.8) is 0 Å². The molecule has 2 rings (SSSR count). The summed E-state index contributed by atoms with van der Waals surface area (Å²) < 4.78 is 26.6. The third-order valence-electron chi connectivity index (χ3n) is 2.40. The van der Waals surface area contributed by atoms with E-state index in [1.54, 1.807) is 24.3 Å². The van der Waals surface area contributed by atoms with Gasteiger partial charge in [-0.25, -0.2) is 13.4 Å². The minimum Gasteiger partial charge on any atom is -0.392 e. The Kier molecular flexibility index (Phi) is 4.04. The summed E-state index contributed by atoms with van der Waals surface area (Å²) in [5.41, 5.74) is 1.08. The van der Waals surface area contributed by atoms with Gasteiger partial charge in [0.05, 0.1) is 6.61 Å². The second kappa shape index (κ2) is 5.56. The molecule has 0 aliphatic carbocycles. The monoisotopic (exact) mass is 298 g/mol. The summed E-state index contributed by atoms with van der Waals surface area (Å²) in [6.07, 6.45) is 1.41. The van der Waals surface area contributed by atoms with Gasteiger partial charge < -0.3 is 5.11 Å². The number of nitrogens with one attached hydrogen (secondary N) is 1. The number of hydrogen-bond donors (Lipinski definition) is 2. The van der Waals surface area contributed by atoms with Crippen molar-refractivity contribution in [2.45, 2.75) is 11.5 Å². The fraction of sp³-hybridized carbons (Fsp3) is 0.0833. The van der Waals surface area contributed by atoms with Crippen LogP contribution < -0.4 is 4.72 Å². The van der Waals surface area contributed by atoms with E-state index in [0.717, 1.165) is 0 Å². The van der Waals surface area contributed by atoms with Crippen LogP contribution in [-0.4, -0.2) is 18.5 Å². The van der Waals surface area contributed by atoms with E-state index in [1.807, 2.05) is 0 Å². The first-order chi connectivity index (χ1) is 9.03. The van der Waals surface area contributed by atoms with Crippen molar-refractivity contribution in [3.8, 4) is 0 Å². The van der Waals surface area contributed by atoms with Crippen molar-refractivity contribution in [2.75, 3.05) is 4.72 Å². The second-order valence-electron chi connectivity index (χ2n) is 3.75. The van der Waals surface area contributed by atoms with Gasteiger partial charge in [-0.1, -0.05) is 23.7 Å². The number of benzene rings is 1. The normalized spacial score (nSPS) is 11.3. The van der Waals surface area contributed by atoms with E-state index >= 15 is 0 Å². The summed E-state index contributed by atoms with van der Waals surface area (Å²) in [5.74, 6) is 0. The van der Waals surface area contributed by atoms with E-state index < -0.39 is 10.0 Å². The standard InChI is InChI=1S/C12H11ClN2O3S/c13-12-11(2-1-7-14-12)19(17,18)15-10-5-3-9(8-16)4-6-10/h1-7,15-16H,8H2. The number of halogens is 1. The van der Waals surface area contributed by atoms with Gasteiger partial charge in [0.25, 0.3) is 10.0 Å². The molecule has 7 heteroatoms. The fourth-order valence-corrected chi connectivity index (χ4v) is 2.97. The fourth-order valence-electron chi connectivity index (χ4n) is 1.46. The summed E-state index contributed by atoms with van der Waals surface area (Å²) in [6.45, 7) is -0.0958. The highest BCUT2D eigenvalue weighted by molar-refractivity contribution is 7.92. The first-order valence-corrected chi connectivity index (χ1v) is 7.22. The lowest BCUT2D eigenvalue weighted by Crippen LogP contribution is -2.13. The molecular weight excluding hydrogens is 288 g/mol. The Bertz CT molecular complexity index is 672. The molecule has 0 saturated heterocycles. The summed E-state index contributed by atoms with van der Waals surface area (Å²) in [4.78, 5) is 3.65. The van der Waals surface area contributed by atoms with Crippen molar-refractivity contribution in [1.29, 1.82) is 0 Å². The van der Waals surface area contributed by atoms with E-state index in [1.165, 1.54) is 18.3 Å². The van der Waals surface area contributed by atoms with Crippen molar-refractivity contribution < 1.29 is 13.5 Å². The molecule has 2 aromatic rings. The third-order valence-corrected chi connectivity index (χ3v) is 4.23. The van der Waals surface area contributed by atoms with Gasteiger partial charge in [-0.15, -0.1) is 0 Å². The van der Waals surface area contributed by atoms with E-state index in [0.29, 0.717) is 11.3 Å². The van der Waals surface area contributed by atoms with Crippen molar-refractivity contribution >= 4 is 27.3 Å². The SMILES string of the molecule is O=S(=O)(Nc1ccc(CO)cc1)c1cccnc1Cl. The van der Waals surface area contributed by atoms with Crippen LogP contribution in [0.15, 0.2) is 47.5 Å². The highest BCUT2D eigenvalue weighted by Crippen LogP contribution is 2.21. The first-order valence-electron chi connectivity index (χ1n) is 5.36. The van der Waals surface area contributed by atoms with Crippen LogP contribution in [0.4, 0.5) is 5.69 Å². The lowest BCUT2D eigenvalue weighted by Gasteiger charge is -2.09. The van der Waals surface area contributed by atoms with E-state index in [9.17, 15) is 8.42 Å². The molecular formula is C12H11ClN2O3S. The van der Waals surface area contributed by atoms with Gasteiger partial charge in [-0.3, -0.25) is 4.72 Å². The predicted octanol–water partition coefficient (Wildman–Crippen LogP) is 2.03. The van der Waals surface area contributed by atoms with E-state index in [4.69, 9.17) is 16.7 Å². The van der Waals surface area contributed by atoms with Gasteiger partial charge in [0.1, 0.15) is 10.0 Å². The minimum atomic E-state index is -3.77. The zero-order chi connectivity index (χ0) is 13.9. The second-order valence-corrected chi connectivity index (χ2v) is 5.76. The Morgan fingerprint density at radius 2 is 1.89 bits per heavy atom. The Morgan fingerprint density at radius 3 is 2.47 bits per heavy atom. The van der Waals surface area contributed by atoms with Crippen LogP contribution >= 0.6 is 11.6 Å². The molecule has 1 heterocycles. The van der Waals surface area contributed by atoms with Gasteiger partial charge in [0.15, 0.2) is 0 Å². The molecule has 1 aromatic carbocycles. The molecule has 0 saturated carbocycles. The molecule has 100 valence electrons. The Labute approximate surface area is 115 Å². The quantitative estimate of drug-likeness (QED) is 0.847. The number of anilines is 1. The molecule has 19 heavy (non-hydrogen) atoms. The van der Waals surface area contributed by atoms with Crippen LogP contribution in [0.1, 0.15) is 5.56 Å². The minimum absolute atomic E-state index is 0.0806. The third kappa shape index (κ3) is 3.23. The molecule has 0 fully saturated rings. The zero-order valence-electron chi connectivity index (χ0n) is 9.75. The molecule has 0 aliphatic heterocycles. The predicted molar refractivity (Wildman–Crippen MR) is 72.4 cm³/mol. The maximum Gasteiger partial charge on any atom is 0.264 e. The highest BCUT2D eigenvalue weighted by atomic mass is 35.5. The van der Waals surface area contributed by atoms with Crippen LogP contribution in [0, 0.1) is 0 Å². The Balaban J connectivity index is 2.28. The molecule has 0 spiro atoms. The number of rotatable bonds is 4. The number of aliphatic hydroxyl groups is 1. The zero-order valence-corrected chi connectivity index (χ0v) is 11.3. The van der Waals surface area contributed by atoms with Crippen LogP contribution in [0.2, 0.25) is 5.15 Å². The lowest BCUT2D eigenvalue weighted by molar-refractivity contribution is 0.282. The van der Waals surface area contributed by atoms with Gasteiger partial charge >= 0.3 is 0 Å². The molecule has 0 aliphatic rings. The molecule has 0 radical (unpaired) electrons. The summed E-state index contributed by atoms with van der Waals surface area (Å²) in [5, 5.41) is 8.83. The summed E-state index contributed by atoms with van der Waals surface area (Å²) in [6, 6.07) is 9.25. The van der Waals surface area contributed by atoms with Crippen molar-refractivity contribution in [3.05, 3.63) is 53.3 Å². The topological polar surface area (TPSA) is 79.3 Å². The van der Waals surface area contributed by atoms with Crippen LogP contribution in [-0.2, 0) is 16.6 Å². The Morgan fingerprint density at radius 1 is 1.21 bits per heavy atom. The summed E-state index contributed by atoms with van der Waals surface area (Å²) >= 11 is 5.76. The van der Waals surface area contributed by atoms with Crippen LogP contribution in [0.3, 0.4) is 0 Å². The number of sulfonamides is 1. The lowest BCUT2D eigenvalue weighted by atomic mass is 10.2. The number of hydrogen-bond acceptors (Lipinski definition) is 4. The molecule has 1 aromatic heterocycles.